The van der Waals surface area contributed by atoms with E-state index in [1.54, 1.807) is 0 Å². The second-order valence-electron chi connectivity index (χ2n) is 5.55. The van der Waals surface area contributed by atoms with E-state index >= 15 is 0 Å². The molecule has 0 amide bonds. The summed E-state index contributed by atoms with van der Waals surface area (Å²) in [5, 5.41) is 3.68. The summed E-state index contributed by atoms with van der Waals surface area (Å²) in [6.45, 7) is 0. The standard InChI is InChI=1S/C12H24N4P.F6P/c1-14(2)17(15(3)4,16(5)6)13-12-10-8-7-9-11-12;1-7(2,3,4,5)6/h7-11,13H,1-6H3;/q+1;-1. The second kappa shape index (κ2) is 6.92. The van der Waals surface area contributed by atoms with Gasteiger partial charge in [-0.15, -0.1) is 14.0 Å². The molecule has 0 radical (unpaired) electrons. The van der Waals surface area contributed by atoms with Crippen LogP contribution in [0.3, 0.4) is 0 Å². The Bertz CT molecular complexity index is 485. The van der Waals surface area contributed by atoms with Gasteiger partial charge in [-0.05, 0) is 12.1 Å². The summed E-state index contributed by atoms with van der Waals surface area (Å²) >= 11 is 0. The topological polar surface area (TPSA) is 21.8 Å². The number of hydrogen-bond acceptors (Lipinski definition) is 4. The first-order valence-electron chi connectivity index (χ1n) is 6.68. The van der Waals surface area contributed by atoms with Crippen LogP contribution in [-0.2, 0) is 0 Å². The summed E-state index contributed by atoms with van der Waals surface area (Å²) in [7, 11) is 0.347. The molecule has 0 fully saturated rings. The van der Waals surface area contributed by atoms with Crippen LogP contribution in [0.2, 0.25) is 0 Å². The van der Waals surface area contributed by atoms with Gasteiger partial charge in [0.05, 0.1) is 5.69 Å². The Morgan fingerprint density at radius 3 is 1.25 bits per heavy atom. The molecule has 1 rings (SSSR count). The molecule has 0 bridgehead atoms. The third kappa shape index (κ3) is 9.59. The van der Waals surface area contributed by atoms with Crippen LogP contribution in [0, 0.1) is 0 Å². The van der Waals surface area contributed by atoms with Crippen LogP contribution in [0.25, 0.3) is 0 Å². The van der Waals surface area contributed by atoms with Crippen LogP contribution in [0.5, 0.6) is 0 Å². The molecule has 0 atom stereocenters. The molecule has 12 heteroatoms. The summed E-state index contributed by atoms with van der Waals surface area (Å²) < 4.78 is 66.0. The van der Waals surface area contributed by atoms with Crippen molar-refractivity contribution in [3.63, 3.8) is 0 Å². The molecule has 0 saturated carbocycles. The van der Waals surface area contributed by atoms with Crippen molar-refractivity contribution in [2.75, 3.05) is 47.4 Å². The monoisotopic (exact) mass is 400 g/mol. The van der Waals surface area contributed by atoms with Crippen LogP contribution in [-0.4, -0.2) is 56.3 Å². The van der Waals surface area contributed by atoms with E-state index in [4.69, 9.17) is 0 Å². The van der Waals surface area contributed by atoms with Gasteiger partial charge in [-0.1, -0.05) is 18.2 Å². The fourth-order valence-corrected chi connectivity index (χ4v) is 5.30. The van der Waals surface area contributed by atoms with Crippen molar-refractivity contribution in [1.29, 1.82) is 0 Å². The maximum atomic E-state index is 9.87. The maximum absolute atomic E-state index is 10.7. The average molecular weight is 400 g/mol. The summed E-state index contributed by atoms with van der Waals surface area (Å²) in [6.07, 6.45) is 0. The second-order valence-corrected chi connectivity index (χ2v) is 11.2. The van der Waals surface area contributed by atoms with E-state index in [2.05, 4.69) is 85.7 Å². The molecular weight excluding hydrogens is 376 g/mol. The first kappa shape index (κ1) is 23.3. The molecule has 1 aromatic rings. The summed E-state index contributed by atoms with van der Waals surface area (Å²) in [4.78, 5) is 0. The number of rotatable bonds is 5. The molecule has 0 unspecified atom stereocenters. The predicted octanol–water partition coefficient (Wildman–Crippen LogP) is 5.84. The minimum absolute atomic E-state index is 1.15. The molecule has 1 aromatic carbocycles. The summed E-state index contributed by atoms with van der Waals surface area (Å²) in [6, 6.07) is 10.3. The molecule has 1 N–H and O–H groups in total. The average Bonchev–Trinajstić information content (AvgIpc) is 2.32. The Balaban J connectivity index is 0.000000640. The van der Waals surface area contributed by atoms with Crippen LogP contribution < -0.4 is 5.09 Å². The van der Waals surface area contributed by atoms with E-state index in [1.165, 1.54) is 0 Å². The zero-order valence-corrected chi connectivity index (χ0v) is 16.2. The Labute approximate surface area is 139 Å². The fraction of sp³-hybridized carbons (Fsp3) is 0.500. The minimum atomic E-state index is -10.7. The number of nitrogens with one attached hydrogen (secondary N) is 1. The normalized spacial score (nSPS) is 15.6. The van der Waals surface area contributed by atoms with Crippen LogP contribution in [0.15, 0.2) is 30.3 Å². The van der Waals surface area contributed by atoms with Crippen LogP contribution in [0.1, 0.15) is 0 Å². The quantitative estimate of drug-likeness (QED) is 0.495. The van der Waals surface area contributed by atoms with Crippen molar-refractivity contribution in [3.8, 4) is 0 Å². The fourth-order valence-electron chi connectivity index (χ4n) is 2.06. The van der Waals surface area contributed by atoms with E-state index in [-0.39, 0.29) is 0 Å². The van der Waals surface area contributed by atoms with Gasteiger partial charge in [0.25, 0.3) is 0 Å². The van der Waals surface area contributed by atoms with Crippen molar-refractivity contribution in [3.05, 3.63) is 30.3 Å². The third-order valence-corrected chi connectivity index (χ3v) is 6.63. The van der Waals surface area contributed by atoms with E-state index in [9.17, 15) is 25.2 Å². The van der Waals surface area contributed by atoms with Crippen molar-refractivity contribution in [2.45, 2.75) is 0 Å². The van der Waals surface area contributed by atoms with E-state index in [1.807, 2.05) is 6.07 Å². The van der Waals surface area contributed by atoms with Gasteiger partial charge in [-0.2, -0.15) is 0 Å². The number of para-hydroxylation sites is 1. The van der Waals surface area contributed by atoms with Gasteiger partial charge in [-0.25, -0.2) is 5.09 Å². The molecular formula is C12H24F6N4P2. The zero-order chi connectivity index (χ0) is 19.5. The van der Waals surface area contributed by atoms with Gasteiger partial charge in [0.2, 0.25) is 0 Å². The van der Waals surface area contributed by atoms with Gasteiger partial charge in [0.15, 0.2) is 0 Å². The van der Waals surface area contributed by atoms with Gasteiger partial charge >= 0.3 is 40.9 Å². The first-order chi connectivity index (χ1) is 10.4. The number of hydrogen-bond donors (Lipinski definition) is 1. The molecule has 0 aromatic heterocycles. The van der Waals surface area contributed by atoms with Crippen molar-refractivity contribution in [1.82, 2.24) is 14.0 Å². The number of anilines is 1. The Kier molecular flexibility index (Phi) is 6.73. The van der Waals surface area contributed by atoms with Gasteiger partial charge in [0, 0.05) is 42.3 Å². The SMILES string of the molecule is CN(C)[P+](Nc1ccccc1)(N(C)C)N(C)C.F[P-](F)(F)(F)(F)F. The van der Waals surface area contributed by atoms with E-state index in [0.717, 1.165) is 5.69 Å². The molecule has 0 aliphatic carbocycles. The number of nitrogens with zero attached hydrogens (tertiary/aromatic N) is 3. The van der Waals surface area contributed by atoms with Crippen LogP contribution >= 0.6 is 15.7 Å². The van der Waals surface area contributed by atoms with E-state index in [0.29, 0.717) is 0 Å². The molecule has 0 aliphatic rings. The molecule has 0 aliphatic heterocycles. The molecule has 0 saturated heterocycles. The predicted molar refractivity (Wildman–Crippen MR) is 91.6 cm³/mol. The summed E-state index contributed by atoms with van der Waals surface area (Å²) in [5.41, 5.74) is 1.15. The Morgan fingerprint density at radius 1 is 0.708 bits per heavy atom. The van der Waals surface area contributed by atoms with Crippen LogP contribution in [0.4, 0.5) is 30.9 Å². The van der Waals surface area contributed by atoms with Crippen molar-refractivity contribution >= 4 is 21.4 Å². The molecule has 0 heterocycles. The number of halogens is 6. The Morgan fingerprint density at radius 2 is 1.00 bits per heavy atom. The zero-order valence-electron chi connectivity index (χ0n) is 14.4. The van der Waals surface area contributed by atoms with Gasteiger partial charge in [0.1, 0.15) is 0 Å². The summed E-state index contributed by atoms with van der Waals surface area (Å²) in [5.74, 6) is 0. The first-order valence-corrected chi connectivity index (χ1v) is 10.4. The van der Waals surface area contributed by atoms with Gasteiger partial charge in [-0.3, -0.25) is 0 Å². The number of benzene rings is 1. The van der Waals surface area contributed by atoms with E-state index < -0.39 is 15.7 Å². The molecule has 24 heavy (non-hydrogen) atoms. The van der Waals surface area contributed by atoms with Gasteiger partial charge < -0.3 is 0 Å². The molecule has 0 spiro atoms. The molecule has 4 nitrogen and oxygen atoms in total. The van der Waals surface area contributed by atoms with Crippen molar-refractivity contribution < 1.29 is 25.2 Å². The van der Waals surface area contributed by atoms with Crippen molar-refractivity contribution in [2.24, 2.45) is 0 Å². The Hall–Kier alpha value is -0.660. The molecule has 144 valence electrons. The third-order valence-electron chi connectivity index (χ3n) is 2.73.